The molecule has 5 nitrogen and oxygen atoms in total. The van der Waals surface area contributed by atoms with Crippen LogP contribution in [-0.2, 0) is 4.79 Å². The van der Waals surface area contributed by atoms with Crippen molar-refractivity contribution in [3.8, 4) is 0 Å². The van der Waals surface area contributed by atoms with Crippen LogP contribution in [0.3, 0.4) is 0 Å². The lowest BCUT2D eigenvalue weighted by atomic mass is 9.32. The quantitative estimate of drug-likeness (QED) is 0.347. The molecule has 0 spiro atoms. The Kier molecular flexibility index (Phi) is 7.80. The molecule has 10 atom stereocenters. The second kappa shape index (κ2) is 11.0. The van der Waals surface area contributed by atoms with E-state index >= 15 is 0 Å². The first-order valence-electron chi connectivity index (χ1n) is 18.6. The van der Waals surface area contributed by atoms with Crippen LogP contribution in [0, 0.1) is 56.7 Å². The van der Waals surface area contributed by atoms with Crippen molar-refractivity contribution in [1.82, 2.24) is 14.8 Å². The maximum atomic E-state index is 14.7. The summed E-state index contributed by atoms with van der Waals surface area (Å²) in [6.45, 7) is 23.2. The van der Waals surface area contributed by atoms with Gasteiger partial charge in [-0.25, -0.2) is 0 Å². The number of amides is 1. The van der Waals surface area contributed by atoms with E-state index in [-0.39, 0.29) is 27.1 Å². The highest BCUT2D eigenvalue weighted by molar-refractivity contribution is 5.84. The summed E-state index contributed by atoms with van der Waals surface area (Å²) in [5.74, 6) is 2.97. The highest BCUT2D eigenvalue weighted by atomic mass is 16.3. The summed E-state index contributed by atoms with van der Waals surface area (Å²) >= 11 is 0. The van der Waals surface area contributed by atoms with Gasteiger partial charge in [-0.2, -0.15) is 0 Å². The molecule has 252 valence electrons. The van der Waals surface area contributed by atoms with Crippen molar-refractivity contribution < 1.29 is 9.90 Å². The van der Waals surface area contributed by atoms with Gasteiger partial charge in [-0.1, -0.05) is 52.8 Å². The second-order valence-corrected chi connectivity index (χ2v) is 18.3. The minimum atomic E-state index is -0.430. The fourth-order valence-electron chi connectivity index (χ4n) is 13.7. The summed E-state index contributed by atoms with van der Waals surface area (Å²) in [6, 6.07) is 4.13. The summed E-state index contributed by atoms with van der Waals surface area (Å²) in [7, 11) is 2.18. The fraction of sp³-hybridized carbons (Fsp3) is 0.756. The molecule has 1 saturated heterocycles. The van der Waals surface area contributed by atoms with E-state index < -0.39 is 6.10 Å². The number of aliphatic hydroxyl groups is 1. The first-order chi connectivity index (χ1) is 21.7. The zero-order valence-electron chi connectivity index (χ0n) is 29.9. The monoisotopic (exact) mass is 627 g/mol. The number of fused-ring (bicyclic) bond motifs is 7. The Hall–Kier alpha value is -1.98. The van der Waals surface area contributed by atoms with Gasteiger partial charge in [-0.3, -0.25) is 9.78 Å². The van der Waals surface area contributed by atoms with E-state index in [1.54, 1.807) is 0 Å². The molecule has 2 heterocycles. The van der Waals surface area contributed by atoms with Gasteiger partial charge in [0.2, 0.25) is 5.91 Å². The minimum absolute atomic E-state index is 0.121. The number of carbonyl (C=O) groups excluding carboxylic acids is 1. The number of aliphatic hydroxyl groups excluding tert-OH is 1. The highest BCUT2D eigenvalue weighted by Gasteiger charge is 2.72. The van der Waals surface area contributed by atoms with E-state index in [2.05, 4.69) is 88.2 Å². The number of piperazine rings is 1. The molecule has 0 unspecified atom stereocenters. The number of hydrogen-bond acceptors (Lipinski definition) is 4. The minimum Gasteiger partial charge on any atom is -0.388 e. The lowest BCUT2D eigenvalue weighted by Gasteiger charge is -2.73. The van der Waals surface area contributed by atoms with E-state index in [4.69, 9.17) is 0 Å². The number of nitrogens with zero attached hydrogens (tertiary/aromatic N) is 3. The average Bonchev–Trinajstić information content (AvgIpc) is 3.42. The Labute approximate surface area is 279 Å². The van der Waals surface area contributed by atoms with Crippen molar-refractivity contribution in [2.75, 3.05) is 33.2 Å². The van der Waals surface area contributed by atoms with Crippen molar-refractivity contribution in [3.05, 3.63) is 47.8 Å². The average molecular weight is 628 g/mol. The molecule has 6 fully saturated rings. The number of pyridine rings is 1. The summed E-state index contributed by atoms with van der Waals surface area (Å²) in [6.07, 6.45) is 15.8. The second-order valence-electron chi connectivity index (χ2n) is 18.3. The zero-order chi connectivity index (χ0) is 32.9. The van der Waals surface area contributed by atoms with Crippen molar-refractivity contribution in [2.45, 2.75) is 105 Å². The number of allylic oxidation sites excluding steroid dienone is 1. The molecule has 0 aromatic carbocycles. The number of carbonyl (C=O) groups is 1. The summed E-state index contributed by atoms with van der Waals surface area (Å²) < 4.78 is 0. The van der Waals surface area contributed by atoms with E-state index in [1.807, 2.05) is 12.4 Å². The van der Waals surface area contributed by atoms with Gasteiger partial charge in [0.25, 0.3) is 0 Å². The van der Waals surface area contributed by atoms with Crippen LogP contribution in [0.4, 0.5) is 0 Å². The third kappa shape index (κ3) is 4.45. The van der Waals surface area contributed by atoms with Crippen LogP contribution in [0.5, 0.6) is 0 Å². The fourth-order valence-corrected chi connectivity index (χ4v) is 13.7. The van der Waals surface area contributed by atoms with Crippen LogP contribution in [0.25, 0.3) is 6.08 Å². The summed E-state index contributed by atoms with van der Waals surface area (Å²) in [5, 5.41) is 11.9. The molecule has 5 aliphatic carbocycles. The van der Waals surface area contributed by atoms with Crippen LogP contribution < -0.4 is 0 Å². The largest absolute Gasteiger partial charge is 0.388 e. The molecular weight excluding hydrogens is 566 g/mol. The van der Waals surface area contributed by atoms with Crippen LogP contribution in [0.1, 0.15) is 105 Å². The maximum Gasteiger partial charge on any atom is 0.229 e. The molecular formula is C41H61N3O2. The molecule has 1 aromatic heterocycles. The lowest BCUT2D eigenvalue weighted by molar-refractivity contribution is -0.240. The Morgan fingerprint density at radius 2 is 1.61 bits per heavy atom. The summed E-state index contributed by atoms with van der Waals surface area (Å²) in [4.78, 5) is 23.6. The molecule has 0 bridgehead atoms. The first-order valence-corrected chi connectivity index (χ1v) is 18.6. The molecule has 1 amide bonds. The van der Waals surface area contributed by atoms with Crippen LogP contribution in [0.2, 0.25) is 0 Å². The molecule has 5 heteroatoms. The SMILES string of the molecule is C=C(C)[C@@H]1CC[C@]2(C(=O)N3CCN(C)CC3)CC[C@]3(C)[C@H](CC[C@@H]4[C@@]5(C)C/C(=C/c6ccncc6)[C@H](O)C(C)(C)[C@@H]5CC[C@]43C)[C@@H]12. The van der Waals surface area contributed by atoms with Gasteiger partial charge in [0.15, 0.2) is 0 Å². The normalized spacial score (nSPS) is 46.2. The van der Waals surface area contributed by atoms with E-state index in [0.717, 1.165) is 63.8 Å². The zero-order valence-corrected chi connectivity index (χ0v) is 29.9. The summed E-state index contributed by atoms with van der Waals surface area (Å²) in [5.41, 5.74) is 3.75. The van der Waals surface area contributed by atoms with Gasteiger partial charge in [0, 0.05) is 38.6 Å². The van der Waals surface area contributed by atoms with Crippen molar-refractivity contribution >= 4 is 12.0 Å². The molecule has 0 radical (unpaired) electrons. The highest BCUT2D eigenvalue weighted by Crippen LogP contribution is 2.78. The van der Waals surface area contributed by atoms with Gasteiger partial charge in [-0.15, -0.1) is 0 Å². The third-order valence-corrected chi connectivity index (χ3v) is 16.1. The van der Waals surface area contributed by atoms with Crippen molar-refractivity contribution in [3.63, 3.8) is 0 Å². The number of likely N-dealkylation sites (N-methyl/N-ethyl adjacent to an activating group) is 1. The molecule has 1 aliphatic heterocycles. The maximum absolute atomic E-state index is 14.7. The number of rotatable bonds is 3. The van der Waals surface area contributed by atoms with Gasteiger partial charge >= 0.3 is 0 Å². The molecule has 7 rings (SSSR count). The molecule has 5 saturated carbocycles. The predicted octanol–water partition coefficient (Wildman–Crippen LogP) is 7.87. The van der Waals surface area contributed by atoms with Gasteiger partial charge in [0.1, 0.15) is 0 Å². The van der Waals surface area contributed by atoms with Crippen molar-refractivity contribution in [2.24, 2.45) is 56.7 Å². The predicted molar refractivity (Wildman–Crippen MR) is 187 cm³/mol. The smallest absolute Gasteiger partial charge is 0.229 e. The first kappa shape index (κ1) is 32.6. The topological polar surface area (TPSA) is 56.7 Å². The molecule has 6 aliphatic rings. The van der Waals surface area contributed by atoms with Crippen LogP contribution in [-0.4, -0.2) is 65.1 Å². The van der Waals surface area contributed by atoms with Gasteiger partial charge in [0.05, 0.1) is 11.5 Å². The standard InChI is InChI=1S/C41H61N3O2/c1-27(2)30-11-16-41(36(46)44-23-21-43(8)22-24-44)18-17-39(6)31(34(30)41)9-10-33-38(5)26-29(25-28-13-19-42-20-14-28)35(45)37(3,4)32(38)12-15-40(33,39)7/h13-14,19-20,25,30-35,45H,1,9-12,15-18,21-24,26H2,2-8H3/b29-25-/t30-,31+,32-,33+,34+,35-,38-,39+,40+,41-/m0/s1. The number of hydrogen-bond donors (Lipinski definition) is 1. The molecule has 1 N–H and O–H groups in total. The van der Waals surface area contributed by atoms with E-state index in [1.165, 1.54) is 36.8 Å². The van der Waals surface area contributed by atoms with Gasteiger partial charge in [-0.05, 0) is 146 Å². The van der Waals surface area contributed by atoms with Crippen LogP contribution in [0.15, 0.2) is 42.3 Å². The van der Waals surface area contributed by atoms with Crippen LogP contribution >= 0.6 is 0 Å². The molecule has 1 aromatic rings. The van der Waals surface area contributed by atoms with E-state index in [9.17, 15) is 9.90 Å². The molecule has 46 heavy (non-hydrogen) atoms. The Balaban J connectivity index is 1.25. The van der Waals surface area contributed by atoms with Gasteiger partial charge < -0.3 is 14.9 Å². The van der Waals surface area contributed by atoms with E-state index in [0.29, 0.717) is 35.5 Å². The Morgan fingerprint density at radius 1 is 0.913 bits per heavy atom. The number of aromatic nitrogens is 1. The van der Waals surface area contributed by atoms with Crippen molar-refractivity contribution in [1.29, 1.82) is 0 Å². The lowest BCUT2D eigenvalue weighted by Crippen LogP contribution is -2.68. The Morgan fingerprint density at radius 3 is 2.28 bits per heavy atom. The Bertz CT molecular complexity index is 1400. The third-order valence-electron chi connectivity index (χ3n) is 16.1.